The molecule has 0 aliphatic carbocycles. The van der Waals surface area contributed by atoms with Crippen LogP contribution in [-0.4, -0.2) is 36.4 Å². The molecule has 126 valence electrons. The highest BCUT2D eigenvalue weighted by molar-refractivity contribution is 5.52. The Morgan fingerprint density at radius 3 is 2.48 bits per heavy atom. The number of halogens is 2. The molecule has 3 aromatic heterocycles. The van der Waals surface area contributed by atoms with Gasteiger partial charge in [0, 0.05) is 55.8 Å². The molecular formula is C17H14F2N6. The van der Waals surface area contributed by atoms with Gasteiger partial charge in [0.2, 0.25) is 0 Å². The van der Waals surface area contributed by atoms with Gasteiger partial charge in [-0.25, -0.2) is 28.7 Å². The molecule has 1 aliphatic heterocycles. The van der Waals surface area contributed by atoms with Gasteiger partial charge in [-0.3, -0.25) is 9.88 Å². The minimum Gasteiger partial charge on any atom is -0.294 e. The van der Waals surface area contributed by atoms with E-state index >= 15 is 0 Å². The van der Waals surface area contributed by atoms with Crippen LogP contribution in [0.1, 0.15) is 16.8 Å². The molecule has 0 atom stereocenters. The monoisotopic (exact) mass is 340 g/mol. The predicted molar refractivity (Wildman–Crippen MR) is 85.0 cm³/mol. The van der Waals surface area contributed by atoms with Gasteiger partial charge in [-0.15, -0.1) is 0 Å². The second-order valence-corrected chi connectivity index (χ2v) is 5.84. The average Bonchev–Trinajstić information content (AvgIpc) is 2.65. The molecule has 0 radical (unpaired) electrons. The third-order valence-corrected chi connectivity index (χ3v) is 4.17. The summed E-state index contributed by atoms with van der Waals surface area (Å²) in [4.78, 5) is 22.4. The summed E-state index contributed by atoms with van der Waals surface area (Å²) >= 11 is 0. The first kappa shape index (κ1) is 15.6. The Morgan fingerprint density at radius 1 is 0.960 bits per heavy atom. The highest BCUT2D eigenvalue weighted by Crippen LogP contribution is 2.22. The number of nitrogens with zero attached hydrogens (tertiary/aromatic N) is 6. The summed E-state index contributed by atoms with van der Waals surface area (Å²) < 4.78 is 27.6. The molecule has 4 heterocycles. The van der Waals surface area contributed by atoms with E-state index in [1.165, 1.54) is 6.33 Å². The van der Waals surface area contributed by atoms with Crippen LogP contribution in [-0.2, 0) is 19.5 Å². The minimum absolute atomic E-state index is 0.0393. The van der Waals surface area contributed by atoms with Crippen molar-refractivity contribution in [2.75, 3.05) is 6.54 Å². The molecule has 0 fully saturated rings. The molecule has 0 spiro atoms. The maximum atomic E-state index is 13.8. The quantitative estimate of drug-likeness (QED) is 0.728. The van der Waals surface area contributed by atoms with E-state index < -0.39 is 11.6 Å². The third-order valence-electron chi connectivity index (χ3n) is 4.17. The lowest BCUT2D eigenvalue weighted by molar-refractivity contribution is 0.235. The molecule has 0 bridgehead atoms. The Bertz CT molecular complexity index is 883. The van der Waals surface area contributed by atoms with E-state index in [9.17, 15) is 8.78 Å². The molecule has 0 N–H and O–H groups in total. The fourth-order valence-electron chi connectivity index (χ4n) is 2.88. The maximum Gasteiger partial charge on any atom is 0.162 e. The fourth-order valence-corrected chi connectivity index (χ4v) is 2.88. The van der Waals surface area contributed by atoms with Crippen LogP contribution in [0.25, 0.3) is 11.4 Å². The van der Waals surface area contributed by atoms with Crippen LogP contribution >= 0.6 is 0 Å². The van der Waals surface area contributed by atoms with Crippen molar-refractivity contribution in [3.63, 3.8) is 0 Å². The zero-order chi connectivity index (χ0) is 17.2. The van der Waals surface area contributed by atoms with Crippen LogP contribution in [0.15, 0.2) is 37.3 Å². The molecule has 1 aliphatic rings. The first-order valence-corrected chi connectivity index (χ1v) is 7.81. The number of hydrogen-bond donors (Lipinski definition) is 0. The largest absolute Gasteiger partial charge is 0.294 e. The zero-order valence-corrected chi connectivity index (χ0v) is 13.2. The van der Waals surface area contributed by atoms with E-state index in [0.29, 0.717) is 25.3 Å². The minimum atomic E-state index is -0.624. The molecule has 6 nitrogen and oxygen atoms in total. The van der Waals surface area contributed by atoms with Gasteiger partial charge in [-0.1, -0.05) is 0 Å². The van der Waals surface area contributed by atoms with Gasteiger partial charge in [-0.2, -0.15) is 0 Å². The van der Waals surface area contributed by atoms with E-state index in [2.05, 4.69) is 24.9 Å². The molecule has 4 rings (SSSR count). The van der Waals surface area contributed by atoms with Gasteiger partial charge in [0.1, 0.15) is 18.0 Å². The van der Waals surface area contributed by atoms with Crippen molar-refractivity contribution in [3.8, 4) is 11.4 Å². The lowest BCUT2D eigenvalue weighted by Gasteiger charge is -2.28. The van der Waals surface area contributed by atoms with Crippen LogP contribution < -0.4 is 0 Å². The van der Waals surface area contributed by atoms with Crippen LogP contribution in [0.2, 0.25) is 0 Å². The fraction of sp³-hybridized carbons (Fsp3) is 0.235. The normalized spacial score (nSPS) is 14.3. The van der Waals surface area contributed by atoms with Gasteiger partial charge < -0.3 is 0 Å². The van der Waals surface area contributed by atoms with Crippen molar-refractivity contribution in [2.24, 2.45) is 0 Å². The molecule has 25 heavy (non-hydrogen) atoms. The smallest absolute Gasteiger partial charge is 0.162 e. The number of hydrogen-bond acceptors (Lipinski definition) is 6. The Kier molecular flexibility index (Phi) is 4.10. The first-order valence-electron chi connectivity index (χ1n) is 7.81. The zero-order valence-electron chi connectivity index (χ0n) is 13.2. The third kappa shape index (κ3) is 3.20. The lowest BCUT2D eigenvalue weighted by atomic mass is 10.1. The molecule has 0 saturated carbocycles. The van der Waals surface area contributed by atoms with Gasteiger partial charge >= 0.3 is 0 Å². The Balaban J connectivity index is 1.54. The lowest BCUT2D eigenvalue weighted by Crippen LogP contribution is -2.31. The average molecular weight is 340 g/mol. The van der Waals surface area contributed by atoms with Crippen molar-refractivity contribution >= 4 is 0 Å². The number of aromatic nitrogens is 5. The van der Waals surface area contributed by atoms with Crippen LogP contribution in [0.3, 0.4) is 0 Å². The summed E-state index contributed by atoms with van der Waals surface area (Å²) in [7, 11) is 0. The highest BCUT2D eigenvalue weighted by atomic mass is 19.1. The summed E-state index contributed by atoms with van der Waals surface area (Å²) in [5.74, 6) is -0.665. The predicted octanol–water partition coefficient (Wildman–Crippen LogP) is 2.17. The highest BCUT2D eigenvalue weighted by Gasteiger charge is 2.21. The number of rotatable bonds is 3. The molecule has 0 aromatic carbocycles. The Labute approximate surface area is 142 Å². The molecule has 3 aromatic rings. The van der Waals surface area contributed by atoms with E-state index in [4.69, 9.17) is 0 Å². The summed E-state index contributed by atoms with van der Waals surface area (Å²) in [6.45, 7) is 1.39. The Hall–Kier alpha value is -2.87. The first-order chi connectivity index (χ1) is 12.2. The SMILES string of the molecule is Fc1cncc(F)c1CN1CCc2nc(-c3cncnc3)ncc2C1. The number of fused-ring (bicyclic) bond motifs is 1. The standard InChI is InChI=1S/C17H14F2N6/c18-14-6-20-7-15(19)13(14)9-25-2-1-16-12(8-25)5-23-17(24-16)11-3-21-10-22-4-11/h3-7,10H,1-2,8-9H2. The molecular weight excluding hydrogens is 326 g/mol. The van der Waals surface area contributed by atoms with Crippen molar-refractivity contribution in [2.45, 2.75) is 19.5 Å². The van der Waals surface area contributed by atoms with E-state index in [1.807, 2.05) is 4.90 Å². The summed E-state index contributed by atoms with van der Waals surface area (Å²) in [6.07, 6.45) is 9.30. The summed E-state index contributed by atoms with van der Waals surface area (Å²) in [5, 5.41) is 0. The van der Waals surface area contributed by atoms with Crippen molar-refractivity contribution < 1.29 is 8.78 Å². The van der Waals surface area contributed by atoms with E-state index in [-0.39, 0.29) is 12.1 Å². The Morgan fingerprint density at radius 2 is 1.72 bits per heavy atom. The van der Waals surface area contributed by atoms with Gasteiger partial charge in [0.05, 0.1) is 23.7 Å². The van der Waals surface area contributed by atoms with Crippen LogP contribution in [0.5, 0.6) is 0 Å². The van der Waals surface area contributed by atoms with Crippen LogP contribution in [0, 0.1) is 11.6 Å². The second kappa shape index (κ2) is 6.56. The number of pyridine rings is 1. The van der Waals surface area contributed by atoms with E-state index in [1.54, 1.807) is 18.6 Å². The van der Waals surface area contributed by atoms with Crippen molar-refractivity contribution in [1.29, 1.82) is 0 Å². The molecule has 0 unspecified atom stereocenters. The molecule has 0 amide bonds. The molecule has 8 heteroatoms. The van der Waals surface area contributed by atoms with E-state index in [0.717, 1.165) is 29.2 Å². The van der Waals surface area contributed by atoms with Gasteiger partial charge in [0.25, 0.3) is 0 Å². The topological polar surface area (TPSA) is 67.7 Å². The maximum absolute atomic E-state index is 13.8. The van der Waals surface area contributed by atoms with Crippen molar-refractivity contribution in [3.05, 3.63) is 65.8 Å². The second-order valence-electron chi connectivity index (χ2n) is 5.84. The van der Waals surface area contributed by atoms with Gasteiger partial charge in [-0.05, 0) is 0 Å². The molecule has 0 saturated heterocycles. The summed E-state index contributed by atoms with van der Waals surface area (Å²) in [5.41, 5.74) is 2.70. The van der Waals surface area contributed by atoms with Gasteiger partial charge in [0.15, 0.2) is 5.82 Å². The van der Waals surface area contributed by atoms with Crippen LogP contribution in [0.4, 0.5) is 8.78 Å². The summed E-state index contributed by atoms with van der Waals surface area (Å²) in [6, 6.07) is 0. The van der Waals surface area contributed by atoms with Crippen molar-refractivity contribution in [1.82, 2.24) is 29.8 Å².